The number of hydrogen-bond acceptors (Lipinski definition) is 5. The molecule has 2 aromatic rings. The number of methoxy groups -OCH3 is 1. The molecule has 0 spiro atoms. The van der Waals surface area contributed by atoms with Crippen LogP contribution in [0.1, 0.15) is 25.1 Å². The van der Waals surface area contributed by atoms with E-state index >= 15 is 0 Å². The SMILES string of the molecule is COc1cc(C)ccc1Oc1nc(CNC(C)C)co1. The quantitative estimate of drug-likeness (QED) is 0.877. The summed E-state index contributed by atoms with van der Waals surface area (Å²) in [7, 11) is 1.61. The van der Waals surface area contributed by atoms with Gasteiger partial charge < -0.3 is 19.2 Å². The lowest BCUT2D eigenvalue weighted by molar-refractivity contribution is 0.310. The van der Waals surface area contributed by atoms with Crippen molar-refractivity contribution in [3.63, 3.8) is 0 Å². The molecule has 1 aromatic carbocycles. The van der Waals surface area contributed by atoms with Crippen LogP contribution in [-0.2, 0) is 6.54 Å². The van der Waals surface area contributed by atoms with Gasteiger partial charge in [0.15, 0.2) is 11.5 Å². The molecule has 0 aliphatic rings. The molecule has 5 heteroatoms. The number of aryl methyl sites for hydroxylation is 1. The van der Waals surface area contributed by atoms with Gasteiger partial charge in [-0.05, 0) is 24.6 Å². The second-order valence-corrected chi connectivity index (χ2v) is 4.90. The molecule has 0 unspecified atom stereocenters. The molecule has 0 atom stereocenters. The summed E-state index contributed by atoms with van der Waals surface area (Å²) in [5, 5.41) is 3.27. The van der Waals surface area contributed by atoms with Crippen molar-refractivity contribution in [2.75, 3.05) is 7.11 Å². The van der Waals surface area contributed by atoms with Gasteiger partial charge in [0, 0.05) is 12.6 Å². The predicted octanol–water partition coefficient (Wildman–Crippen LogP) is 3.28. The zero-order chi connectivity index (χ0) is 14.5. The van der Waals surface area contributed by atoms with Gasteiger partial charge >= 0.3 is 6.08 Å². The third kappa shape index (κ3) is 3.74. The van der Waals surface area contributed by atoms with E-state index in [2.05, 4.69) is 24.1 Å². The number of ether oxygens (including phenoxy) is 2. The molecule has 0 aliphatic heterocycles. The van der Waals surface area contributed by atoms with E-state index < -0.39 is 0 Å². The van der Waals surface area contributed by atoms with Crippen LogP contribution in [0.4, 0.5) is 0 Å². The van der Waals surface area contributed by atoms with Gasteiger partial charge in [0.25, 0.3) is 0 Å². The lowest BCUT2D eigenvalue weighted by atomic mass is 10.2. The molecule has 0 saturated heterocycles. The van der Waals surface area contributed by atoms with E-state index in [1.54, 1.807) is 13.4 Å². The van der Waals surface area contributed by atoms with Crippen molar-refractivity contribution < 1.29 is 13.9 Å². The second kappa shape index (κ2) is 6.43. The zero-order valence-corrected chi connectivity index (χ0v) is 12.3. The Kier molecular flexibility index (Phi) is 4.63. The number of nitrogens with zero attached hydrogens (tertiary/aromatic N) is 1. The number of benzene rings is 1. The van der Waals surface area contributed by atoms with E-state index in [0.717, 1.165) is 11.3 Å². The molecule has 20 heavy (non-hydrogen) atoms. The first-order valence-electron chi connectivity index (χ1n) is 6.58. The average Bonchev–Trinajstić information content (AvgIpc) is 2.86. The molecule has 0 bridgehead atoms. The molecule has 0 amide bonds. The summed E-state index contributed by atoms with van der Waals surface area (Å²) in [5.41, 5.74) is 1.91. The van der Waals surface area contributed by atoms with Crippen LogP contribution in [-0.4, -0.2) is 18.1 Å². The Morgan fingerprint density at radius 2 is 2.10 bits per heavy atom. The Hall–Kier alpha value is -2.01. The van der Waals surface area contributed by atoms with Crippen molar-refractivity contribution in [2.45, 2.75) is 33.4 Å². The number of nitrogens with one attached hydrogen (secondary N) is 1. The average molecular weight is 276 g/mol. The van der Waals surface area contributed by atoms with Gasteiger partial charge in [-0.15, -0.1) is 0 Å². The largest absolute Gasteiger partial charge is 0.493 e. The van der Waals surface area contributed by atoms with Gasteiger partial charge in [-0.2, -0.15) is 4.98 Å². The minimum Gasteiger partial charge on any atom is -0.493 e. The van der Waals surface area contributed by atoms with Crippen molar-refractivity contribution in [1.29, 1.82) is 0 Å². The van der Waals surface area contributed by atoms with Crippen molar-refractivity contribution in [3.8, 4) is 17.6 Å². The van der Waals surface area contributed by atoms with Crippen LogP contribution in [0.15, 0.2) is 28.9 Å². The highest BCUT2D eigenvalue weighted by Gasteiger charge is 2.10. The van der Waals surface area contributed by atoms with Gasteiger partial charge in [-0.25, -0.2) is 0 Å². The topological polar surface area (TPSA) is 56.5 Å². The summed E-state index contributed by atoms with van der Waals surface area (Å²) in [6.07, 6.45) is 1.80. The van der Waals surface area contributed by atoms with Crippen molar-refractivity contribution >= 4 is 0 Å². The normalized spacial score (nSPS) is 10.8. The first-order chi connectivity index (χ1) is 9.58. The van der Waals surface area contributed by atoms with Gasteiger partial charge in [-0.1, -0.05) is 19.9 Å². The van der Waals surface area contributed by atoms with E-state index in [0.29, 0.717) is 24.1 Å². The van der Waals surface area contributed by atoms with Crippen LogP contribution in [0.3, 0.4) is 0 Å². The van der Waals surface area contributed by atoms with E-state index in [1.807, 2.05) is 25.1 Å². The maximum Gasteiger partial charge on any atom is 0.399 e. The maximum atomic E-state index is 5.61. The fourth-order valence-corrected chi connectivity index (χ4v) is 1.68. The Balaban J connectivity index is 2.06. The minimum absolute atomic E-state index is 0.215. The highest BCUT2D eigenvalue weighted by molar-refractivity contribution is 5.43. The van der Waals surface area contributed by atoms with E-state index in [4.69, 9.17) is 13.9 Å². The molecule has 1 aromatic heterocycles. The smallest absolute Gasteiger partial charge is 0.399 e. The van der Waals surface area contributed by atoms with Crippen LogP contribution in [0, 0.1) is 6.92 Å². The first kappa shape index (κ1) is 14.4. The predicted molar refractivity (Wildman–Crippen MR) is 76.3 cm³/mol. The molecule has 1 N–H and O–H groups in total. The first-order valence-corrected chi connectivity index (χ1v) is 6.58. The van der Waals surface area contributed by atoms with Crippen LogP contribution in [0.25, 0.3) is 0 Å². The van der Waals surface area contributed by atoms with Gasteiger partial charge in [-0.3, -0.25) is 0 Å². The van der Waals surface area contributed by atoms with E-state index in [1.165, 1.54) is 0 Å². The van der Waals surface area contributed by atoms with Crippen molar-refractivity contribution in [2.24, 2.45) is 0 Å². The van der Waals surface area contributed by atoms with Gasteiger partial charge in [0.2, 0.25) is 0 Å². The van der Waals surface area contributed by atoms with Crippen LogP contribution in [0.5, 0.6) is 17.6 Å². The Bertz CT molecular complexity index is 564. The lowest BCUT2D eigenvalue weighted by Crippen LogP contribution is -2.21. The number of oxazole rings is 1. The summed E-state index contributed by atoms with van der Waals surface area (Å²) in [4.78, 5) is 4.27. The molecule has 0 aliphatic carbocycles. The molecule has 1 heterocycles. The molecular weight excluding hydrogens is 256 g/mol. The molecule has 0 radical (unpaired) electrons. The maximum absolute atomic E-state index is 5.61. The summed E-state index contributed by atoms with van der Waals surface area (Å²) in [6, 6.07) is 6.08. The second-order valence-electron chi connectivity index (χ2n) is 4.90. The van der Waals surface area contributed by atoms with Crippen molar-refractivity contribution in [3.05, 3.63) is 35.7 Å². The fraction of sp³-hybridized carbons (Fsp3) is 0.400. The fourth-order valence-electron chi connectivity index (χ4n) is 1.68. The number of aromatic nitrogens is 1. The summed E-state index contributed by atoms with van der Waals surface area (Å²) in [6.45, 7) is 6.80. The third-order valence-corrected chi connectivity index (χ3v) is 2.74. The molecule has 0 saturated carbocycles. The lowest BCUT2D eigenvalue weighted by Gasteiger charge is -2.07. The molecule has 5 nitrogen and oxygen atoms in total. The molecule has 108 valence electrons. The number of rotatable bonds is 6. The Morgan fingerprint density at radius 3 is 2.80 bits per heavy atom. The number of hydrogen-bond donors (Lipinski definition) is 1. The standard InChI is InChI=1S/C15H20N2O3/c1-10(2)16-8-12-9-19-15(17-12)20-13-6-5-11(3)7-14(13)18-4/h5-7,9-10,16H,8H2,1-4H3. The van der Waals surface area contributed by atoms with E-state index in [-0.39, 0.29) is 6.08 Å². The Morgan fingerprint density at radius 1 is 1.30 bits per heavy atom. The molecule has 0 fully saturated rings. The van der Waals surface area contributed by atoms with Gasteiger partial charge in [0.05, 0.1) is 12.8 Å². The van der Waals surface area contributed by atoms with Crippen LogP contribution < -0.4 is 14.8 Å². The molecular formula is C15H20N2O3. The third-order valence-electron chi connectivity index (χ3n) is 2.74. The Labute approximate surface area is 118 Å². The van der Waals surface area contributed by atoms with E-state index in [9.17, 15) is 0 Å². The highest BCUT2D eigenvalue weighted by atomic mass is 16.6. The highest BCUT2D eigenvalue weighted by Crippen LogP contribution is 2.31. The van der Waals surface area contributed by atoms with Crippen LogP contribution >= 0.6 is 0 Å². The van der Waals surface area contributed by atoms with Crippen molar-refractivity contribution in [1.82, 2.24) is 10.3 Å². The zero-order valence-electron chi connectivity index (χ0n) is 12.3. The summed E-state index contributed by atoms with van der Waals surface area (Å²) >= 11 is 0. The minimum atomic E-state index is 0.215. The summed E-state index contributed by atoms with van der Waals surface area (Å²) in [5.74, 6) is 1.24. The monoisotopic (exact) mass is 276 g/mol. The summed E-state index contributed by atoms with van der Waals surface area (Å²) < 4.78 is 16.2. The van der Waals surface area contributed by atoms with Crippen LogP contribution in [0.2, 0.25) is 0 Å². The molecule has 2 rings (SSSR count). The van der Waals surface area contributed by atoms with Gasteiger partial charge in [0.1, 0.15) is 6.26 Å².